The lowest BCUT2D eigenvalue weighted by atomic mass is 9.66. The number of fused-ring (bicyclic) bond motifs is 1. The van der Waals surface area contributed by atoms with Gasteiger partial charge < -0.3 is 24.4 Å². The Morgan fingerprint density at radius 2 is 2.00 bits per heavy atom. The van der Waals surface area contributed by atoms with Crippen LogP contribution in [-0.2, 0) is 23.9 Å². The molecule has 3 aliphatic heterocycles. The van der Waals surface area contributed by atoms with Crippen LogP contribution in [0.1, 0.15) is 44.2 Å². The van der Waals surface area contributed by atoms with Crippen LogP contribution in [0.25, 0.3) is 0 Å². The van der Waals surface area contributed by atoms with Crippen LogP contribution in [0, 0.1) is 25.7 Å². The highest BCUT2D eigenvalue weighted by molar-refractivity contribution is 6.05. The summed E-state index contributed by atoms with van der Waals surface area (Å²) < 4.78 is 11.9. The third-order valence-corrected chi connectivity index (χ3v) is 7.90. The average molecular weight is 485 g/mol. The fourth-order valence-electron chi connectivity index (χ4n) is 6.58. The summed E-state index contributed by atoms with van der Waals surface area (Å²) in [6.07, 6.45) is 3.05. The second kappa shape index (κ2) is 9.39. The van der Waals surface area contributed by atoms with Gasteiger partial charge in [-0.2, -0.15) is 0 Å². The van der Waals surface area contributed by atoms with Gasteiger partial charge in [0, 0.05) is 25.4 Å². The van der Waals surface area contributed by atoms with E-state index in [9.17, 15) is 19.5 Å². The molecule has 2 bridgehead atoms. The van der Waals surface area contributed by atoms with E-state index in [0.29, 0.717) is 19.3 Å². The van der Waals surface area contributed by atoms with Crippen LogP contribution in [-0.4, -0.2) is 71.3 Å². The molecule has 35 heavy (non-hydrogen) atoms. The van der Waals surface area contributed by atoms with Gasteiger partial charge in [-0.15, -0.1) is 6.58 Å². The zero-order valence-corrected chi connectivity index (χ0v) is 21.1. The molecule has 0 aliphatic carbocycles. The van der Waals surface area contributed by atoms with Gasteiger partial charge in [0.15, 0.2) is 0 Å². The van der Waals surface area contributed by atoms with E-state index in [1.165, 1.54) is 4.90 Å². The molecular weight excluding hydrogens is 448 g/mol. The van der Waals surface area contributed by atoms with Crippen LogP contribution in [0.2, 0.25) is 0 Å². The smallest absolute Gasteiger partial charge is 0.312 e. The molecule has 1 N–H and O–H groups in total. The van der Waals surface area contributed by atoms with Gasteiger partial charge in [-0.3, -0.25) is 14.4 Å². The number of likely N-dealkylation sites (tertiary alicyclic amines) is 1. The molecule has 3 saturated heterocycles. The summed E-state index contributed by atoms with van der Waals surface area (Å²) in [5.41, 5.74) is 0.677. The summed E-state index contributed by atoms with van der Waals surface area (Å²) in [5.74, 6) is -2.56. The summed E-state index contributed by atoms with van der Waals surface area (Å²) in [5, 5.41) is 9.51. The van der Waals surface area contributed by atoms with E-state index >= 15 is 0 Å². The molecule has 1 aromatic carbocycles. The van der Waals surface area contributed by atoms with E-state index in [2.05, 4.69) is 6.58 Å². The Balaban J connectivity index is 1.83. The Kier molecular flexibility index (Phi) is 6.81. The number of ether oxygens (including phenoxy) is 2. The summed E-state index contributed by atoms with van der Waals surface area (Å²) in [7, 11) is 0. The predicted octanol–water partition coefficient (Wildman–Crippen LogP) is 2.53. The number of nitrogens with zero attached hydrogens (tertiary/aromatic N) is 2. The minimum Gasteiger partial charge on any atom is -0.466 e. The number of anilines is 1. The molecule has 0 aromatic heterocycles. The Morgan fingerprint density at radius 1 is 1.31 bits per heavy atom. The number of aliphatic hydroxyl groups excluding tert-OH is 1. The van der Waals surface area contributed by atoms with Gasteiger partial charge in [0.2, 0.25) is 5.91 Å². The zero-order chi connectivity index (χ0) is 25.5. The molecule has 2 amide bonds. The largest absolute Gasteiger partial charge is 0.466 e. The van der Waals surface area contributed by atoms with Crippen molar-refractivity contribution in [2.75, 3.05) is 31.2 Å². The third-order valence-electron chi connectivity index (χ3n) is 7.90. The number of aryl methyl sites for hydroxylation is 2. The summed E-state index contributed by atoms with van der Waals surface area (Å²) in [4.78, 5) is 44.5. The monoisotopic (exact) mass is 484 g/mol. The van der Waals surface area contributed by atoms with E-state index in [1.807, 2.05) is 39.0 Å². The summed E-state index contributed by atoms with van der Waals surface area (Å²) in [6, 6.07) is 4.93. The van der Waals surface area contributed by atoms with Gasteiger partial charge in [-0.1, -0.05) is 24.3 Å². The van der Waals surface area contributed by atoms with Crippen LogP contribution >= 0.6 is 0 Å². The van der Waals surface area contributed by atoms with Crippen molar-refractivity contribution in [2.45, 2.75) is 64.2 Å². The van der Waals surface area contributed by atoms with Crippen LogP contribution in [0.5, 0.6) is 0 Å². The number of carbonyl (C=O) groups is 3. The maximum atomic E-state index is 14.4. The van der Waals surface area contributed by atoms with Crippen molar-refractivity contribution in [2.24, 2.45) is 11.8 Å². The van der Waals surface area contributed by atoms with Crippen LogP contribution in [0.3, 0.4) is 0 Å². The average Bonchev–Trinajstić information content (AvgIpc) is 3.37. The molecule has 0 radical (unpaired) electrons. The van der Waals surface area contributed by atoms with Gasteiger partial charge in [-0.25, -0.2) is 0 Å². The highest BCUT2D eigenvalue weighted by atomic mass is 16.6. The maximum Gasteiger partial charge on any atom is 0.312 e. The Morgan fingerprint density at radius 3 is 2.60 bits per heavy atom. The lowest BCUT2D eigenvalue weighted by Crippen LogP contribution is -2.56. The molecule has 8 heteroatoms. The number of benzene rings is 1. The standard InChI is InChI=1S/C27H36N2O6/c1-6-14-28(21-17(3)10-8-11-18(21)4)24(32)22-27-13-12-26(5,35-27)20(25(33)34-7-2)19(27)23(31)29(22)15-9-16-30/h6,8,10-11,19-20,22,30H,1,7,9,12-16H2,2-5H3/t19-,20+,22?,26-,27?/m0/s1. The fourth-order valence-corrected chi connectivity index (χ4v) is 6.58. The second-order valence-electron chi connectivity index (χ2n) is 10.1. The first-order chi connectivity index (χ1) is 16.7. The number of esters is 1. The minimum atomic E-state index is -1.12. The second-order valence-corrected chi connectivity index (χ2v) is 10.1. The minimum absolute atomic E-state index is 0.116. The van der Waals surface area contributed by atoms with Crippen LogP contribution in [0.15, 0.2) is 30.9 Å². The fraction of sp³-hybridized carbons (Fsp3) is 0.593. The molecule has 0 saturated carbocycles. The lowest BCUT2D eigenvalue weighted by Gasteiger charge is -2.37. The van der Waals surface area contributed by atoms with Gasteiger partial charge in [-0.05, 0) is 58.1 Å². The number of carbonyl (C=O) groups excluding carboxylic acids is 3. The van der Waals surface area contributed by atoms with E-state index in [-0.39, 0.29) is 38.1 Å². The van der Waals surface area contributed by atoms with Crippen molar-refractivity contribution in [3.8, 4) is 0 Å². The van der Waals surface area contributed by atoms with Crippen molar-refractivity contribution in [1.29, 1.82) is 0 Å². The Labute approximate surface area is 206 Å². The normalized spacial score (nSPS) is 30.9. The lowest BCUT2D eigenvalue weighted by molar-refractivity contribution is -0.159. The number of hydrogen-bond acceptors (Lipinski definition) is 6. The molecule has 3 aliphatic rings. The van der Waals surface area contributed by atoms with Crippen LogP contribution < -0.4 is 4.90 Å². The molecule has 4 rings (SSSR count). The zero-order valence-electron chi connectivity index (χ0n) is 21.1. The van der Waals surface area contributed by atoms with Gasteiger partial charge in [0.05, 0.1) is 18.1 Å². The van der Waals surface area contributed by atoms with Crippen molar-refractivity contribution in [1.82, 2.24) is 4.90 Å². The quantitative estimate of drug-likeness (QED) is 0.428. The highest BCUT2D eigenvalue weighted by Gasteiger charge is 2.78. The van der Waals surface area contributed by atoms with E-state index in [1.54, 1.807) is 17.9 Å². The number of hydrogen-bond donors (Lipinski definition) is 1. The van der Waals surface area contributed by atoms with E-state index in [4.69, 9.17) is 9.47 Å². The van der Waals surface area contributed by atoms with Gasteiger partial charge >= 0.3 is 5.97 Å². The molecule has 8 nitrogen and oxygen atoms in total. The van der Waals surface area contributed by atoms with Crippen LogP contribution in [0.4, 0.5) is 5.69 Å². The summed E-state index contributed by atoms with van der Waals surface area (Å²) >= 11 is 0. The van der Waals surface area contributed by atoms with Gasteiger partial charge in [0.25, 0.3) is 5.91 Å². The number of amides is 2. The first kappa shape index (κ1) is 25.4. The molecule has 2 unspecified atom stereocenters. The van der Waals surface area contributed by atoms with E-state index < -0.39 is 35.0 Å². The number of aliphatic hydroxyl groups is 1. The summed E-state index contributed by atoms with van der Waals surface area (Å²) in [6.45, 7) is 11.9. The predicted molar refractivity (Wildman–Crippen MR) is 131 cm³/mol. The highest BCUT2D eigenvalue weighted by Crippen LogP contribution is 2.63. The molecule has 5 atom stereocenters. The Bertz CT molecular complexity index is 1020. The van der Waals surface area contributed by atoms with Crippen molar-refractivity contribution < 1.29 is 29.0 Å². The third kappa shape index (κ3) is 3.78. The first-order valence-corrected chi connectivity index (χ1v) is 12.4. The Hall–Kier alpha value is -2.71. The molecule has 1 aromatic rings. The van der Waals surface area contributed by atoms with Crippen molar-refractivity contribution >= 4 is 23.5 Å². The molecule has 3 fully saturated rings. The molecule has 190 valence electrons. The SMILES string of the molecule is C=CCN(C(=O)C1N(CCCO)C(=O)[C@@H]2[C@H](C(=O)OCC)[C@]3(C)CCC12O3)c1c(C)cccc1C. The maximum absolute atomic E-state index is 14.4. The first-order valence-electron chi connectivity index (χ1n) is 12.4. The number of para-hydroxylation sites is 1. The van der Waals surface area contributed by atoms with Gasteiger partial charge in [0.1, 0.15) is 17.6 Å². The topological polar surface area (TPSA) is 96.4 Å². The molecule has 3 heterocycles. The molecular formula is C27H36N2O6. The molecule has 1 spiro atoms. The van der Waals surface area contributed by atoms with E-state index in [0.717, 1.165) is 16.8 Å². The van der Waals surface area contributed by atoms with Crippen molar-refractivity contribution in [3.05, 3.63) is 42.0 Å². The number of rotatable bonds is 9. The van der Waals surface area contributed by atoms with Crippen molar-refractivity contribution in [3.63, 3.8) is 0 Å².